The Morgan fingerprint density at radius 3 is 2.52 bits per heavy atom. The first kappa shape index (κ1) is 13.2. The van der Waals surface area contributed by atoms with Crippen LogP contribution < -0.4 is 5.73 Å². The molecule has 2 N–H and O–H groups in total. The first-order valence-electron chi connectivity index (χ1n) is 6.21. The minimum atomic E-state index is -1.02. The molecule has 3 aromatic rings. The predicted molar refractivity (Wildman–Crippen MR) is 74.2 cm³/mol. The molecule has 0 aliphatic rings. The van der Waals surface area contributed by atoms with Crippen molar-refractivity contribution in [2.75, 3.05) is 5.73 Å². The molecule has 0 saturated carbocycles. The van der Waals surface area contributed by atoms with E-state index in [1.54, 1.807) is 0 Å². The Morgan fingerprint density at radius 1 is 1.05 bits per heavy atom. The molecule has 2 aromatic carbocycles. The lowest BCUT2D eigenvalue weighted by molar-refractivity contribution is 0.431. The number of anilines is 1. The molecule has 0 spiro atoms. The summed E-state index contributed by atoms with van der Waals surface area (Å²) in [5.74, 6) is -1.62. The summed E-state index contributed by atoms with van der Waals surface area (Å²) in [6.45, 7) is 1.91. The predicted octanol–water partition coefficient (Wildman–Crippen LogP) is 3.57. The van der Waals surface area contributed by atoms with Gasteiger partial charge in [-0.05, 0) is 18.6 Å². The molecular formula is C15H11F2N3O. The summed E-state index contributed by atoms with van der Waals surface area (Å²) in [7, 11) is 0. The second-order valence-corrected chi connectivity index (χ2v) is 4.59. The molecule has 0 aliphatic heterocycles. The first-order valence-corrected chi connectivity index (χ1v) is 6.21. The molecule has 0 saturated heterocycles. The van der Waals surface area contributed by atoms with Crippen LogP contribution in [-0.4, -0.2) is 10.1 Å². The maximum absolute atomic E-state index is 13.3. The molecule has 0 radical (unpaired) electrons. The normalized spacial score (nSPS) is 10.8. The zero-order valence-corrected chi connectivity index (χ0v) is 11.1. The summed E-state index contributed by atoms with van der Waals surface area (Å²) in [5, 5.41) is 3.86. The van der Waals surface area contributed by atoms with Crippen LogP contribution in [-0.2, 0) is 0 Å². The highest BCUT2D eigenvalue weighted by Gasteiger charge is 2.16. The van der Waals surface area contributed by atoms with Gasteiger partial charge in [-0.2, -0.15) is 4.98 Å². The Kier molecular flexibility index (Phi) is 3.13. The van der Waals surface area contributed by atoms with Gasteiger partial charge in [-0.25, -0.2) is 8.78 Å². The van der Waals surface area contributed by atoms with Crippen LogP contribution in [0.15, 0.2) is 40.9 Å². The number of hydrogen-bond acceptors (Lipinski definition) is 4. The number of nitrogens with zero attached hydrogens (tertiary/aromatic N) is 2. The molecule has 0 atom stereocenters. The van der Waals surface area contributed by atoms with Gasteiger partial charge in [-0.3, -0.25) is 0 Å². The van der Waals surface area contributed by atoms with Crippen molar-refractivity contribution in [2.45, 2.75) is 6.92 Å². The standard InChI is InChI=1S/C15H11F2N3O/c1-8-4-2-3-5-9(8)14-19-15(21-20-14)10-6-11(16)12(17)7-13(10)18/h2-7H,18H2,1H3. The van der Waals surface area contributed by atoms with Crippen molar-refractivity contribution in [3.63, 3.8) is 0 Å². The number of nitrogen functional groups attached to an aromatic ring is 1. The molecule has 3 rings (SSSR count). The van der Waals surface area contributed by atoms with Crippen molar-refractivity contribution < 1.29 is 13.3 Å². The van der Waals surface area contributed by atoms with Crippen LogP contribution >= 0.6 is 0 Å². The number of hydrogen-bond donors (Lipinski definition) is 1. The van der Waals surface area contributed by atoms with Crippen LogP contribution in [0, 0.1) is 18.6 Å². The number of nitrogens with two attached hydrogens (primary N) is 1. The van der Waals surface area contributed by atoms with Crippen LogP contribution in [0.1, 0.15) is 5.56 Å². The number of aryl methyl sites for hydroxylation is 1. The largest absolute Gasteiger partial charge is 0.398 e. The lowest BCUT2D eigenvalue weighted by atomic mass is 10.1. The van der Waals surface area contributed by atoms with Crippen LogP contribution in [0.5, 0.6) is 0 Å². The Hall–Kier alpha value is -2.76. The minimum Gasteiger partial charge on any atom is -0.398 e. The number of aromatic nitrogens is 2. The molecule has 0 fully saturated rings. The zero-order valence-electron chi connectivity index (χ0n) is 11.1. The Bertz CT molecular complexity index is 814. The van der Waals surface area contributed by atoms with Gasteiger partial charge in [0.1, 0.15) is 0 Å². The smallest absolute Gasteiger partial charge is 0.260 e. The molecule has 21 heavy (non-hydrogen) atoms. The Labute approximate surface area is 119 Å². The fourth-order valence-corrected chi connectivity index (χ4v) is 2.01. The summed E-state index contributed by atoms with van der Waals surface area (Å²) >= 11 is 0. The van der Waals surface area contributed by atoms with E-state index < -0.39 is 11.6 Å². The van der Waals surface area contributed by atoms with Gasteiger partial charge in [0.15, 0.2) is 11.6 Å². The average Bonchev–Trinajstić information content (AvgIpc) is 2.92. The molecule has 4 nitrogen and oxygen atoms in total. The third kappa shape index (κ3) is 2.35. The lowest BCUT2D eigenvalue weighted by Gasteiger charge is -2.01. The van der Waals surface area contributed by atoms with Gasteiger partial charge < -0.3 is 10.3 Å². The highest BCUT2D eigenvalue weighted by molar-refractivity contribution is 5.72. The summed E-state index contributed by atoms with van der Waals surface area (Å²) in [4.78, 5) is 4.20. The quantitative estimate of drug-likeness (QED) is 0.732. The molecule has 0 aliphatic carbocycles. The van der Waals surface area contributed by atoms with E-state index in [0.717, 1.165) is 23.3 Å². The zero-order chi connectivity index (χ0) is 15.0. The SMILES string of the molecule is Cc1ccccc1-c1noc(-c2cc(F)c(F)cc2N)n1. The molecular weight excluding hydrogens is 276 g/mol. The van der Waals surface area contributed by atoms with Gasteiger partial charge >= 0.3 is 0 Å². The van der Waals surface area contributed by atoms with Gasteiger partial charge in [0.2, 0.25) is 5.82 Å². The third-order valence-corrected chi connectivity index (χ3v) is 3.13. The summed E-state index contributed by atoms with van der Waals surface area (Å²) < 4.78 is 31.5. The number of halogens is 2. The van der Waals surface area contributed by atoms with E-state index in [1.165, 1.54) is 0 Å². The van der Waals surface area contributed by atoms with E-state index in [2.05, 4.69) is 10.1 Å². The lowest BCUT2D eigenvalue weighted by Crippen LogP contribution is -1.95. The summed E-state index contributed by atoms with van der Waals surface area (Å²) in [6.07, 6.45) is 0. The van der Waals surface area contributed by atoms with Gasteiger partial charge in [-0.1, -0.05) is 29.4 Å². The van der Waals surface area contributed by atoms with Crippen molar-refractivity contribution >= 4 is 5.69 Å². The second kappa shape index (κ2) is 4.97. The maximum Gasteiger partial charge on any atom is 0.260 e. The fraction of sp³-hybridized carbons (Fsp3) is 0.0667. The minimum absolute atomic E-state index is 0.0360. The maximum atomic E-state index is 13.3. The van der Waals surface area contributed by atoms with Gasteiger partial charge in [-0.15, -0.1) is 0 Å². The monoisotopic (exact) mass is 287 g/mol. The van der Waals surface area contributed by atoms with Crippen LogP contribution in [0.3, 0.4) is 0 Å². The van der Waals surface area contributed by atoms with E-state index in [9.17, 15) is 8.78 Å². The number of rotatable bonds is 2. The molecule has 1 heterocycles. The van der Waals surface area contributed by atoms with E-state index in [0.29, 0.717) is 5.82 Å². The van der Waals surface area contributed by atoms with Gasteiger partial charge in [0.05, 0.1) is 5.56 Å². The molecule has 1 aromatic heterocycles. The Morgan fingerprint density at radius 2 is 1.76 bits per heavy atom. The van der Waals surface area contributed by atoms with Gasteiger partial charge in [0, 0.05) is 17.3 Å². The average molecular weight is 287 g/mol. The van der Waals surface area contributed by atoms with E-state index in [4.69, 9.17) is 10.3 Å². The fourth-order valence-electron chi connectivity index (χ4n) is 2.01. The molecule has 6 heteroatoms. The van der Waals surface area contributed by atoms with Gasteiger partial charge in [0.25, 0.3) is 5.89 Å². The summed E-state index contributed by atoms with van der Waals surface area (Å²) in [6, 6.07) is 9.34. The van der Waals surface area contributed by atoms with Crippen molar-refractivity contribution in [2.24, 2.45) is 0 Å². The van der Waals surface area contributed by atoms with E-state index >= 15 is 0 Å². The van der Waals surface area contributed by atoms with E-state index in [-0.39, 0.29) is 17.1 Å². The number of benzene rings is 2. The molecule has 0 bridgehead atoms. The second-order valence-electron chi connectivity index (χ2n) is 4.59. The first-order chi connectivity index (χ1) is 10.1. The van der Waals surface area contributed by atoms with Crippen molar-refractivity contribution in [3.8, 4) is 22.8 Å². The highest BCUT2D eigenvalue weighted by atomic mass is 19.2. The van der Waals surface area contributed by atoms with E-state index in [1.807, 2.05) is 31.2 Å². The van der Waals surface area contributed by atoms with Crippen molar-refractivity contribution in [3.05, 3.63) is 53.6 Å². The van der Waals surface area contributed by atoms with Crippen LogP contribution in [0.25, 0.3) is 22.8 Å². The molecule has 106 valence electrons. The Balaban J connectivity index is 2.07. The van der Waals surface area contributed by atoms with Crippen LogP contribution in [0.4, 0.5) is 14.5 Å². The van der Waals surface area contributed by atoms with Crippen molar-refractivity contribution in [1.82, 2.24) is 10.1 Å². The molecule has 0 unspecified atom stereocenters. The molecule has 0 amide bonds. The third-order valence-electron chi connectivity index (χ3n) is 3.13. The summed E-state index contributed by atoms with van der Waals surface area (Å²) in [5.41, 5.74) is 7.64. The highest BCUT2D eigenvalue weighted by Crippen LogP contribution is 2.29. The topological polar surface area (TPSA) is 64.9 Å². The van der Waals surface area contributed by atoms with Crippen LogP contribution in [0.2, 0.25) is 0 Å². The van der Waals surface area contributed by atoms with Crippen molar-refractivity contribution in [1.29, 1.82) is 0 Å².